The standard InChI is InChI=1S/C17H21NO2/c1-11-9-18-10-17(2)12(8-16(19)20-17)7-15(18)14-6-4-3-5-13(11)14/h3-6,11-12,15H,7-10H2,1-2H3. The third kappa shape index (κ3) is 1.65. The molecule has 0 spiro atoms. The van der Waals surface area contributed by atoms with E-state index in [1.165, 1.54) is 11.1 Å². The van der Waals surface area contributed by atoms with E-state index in [0.717, 1.165) is 19.5 Å². The molecule has 106 valence electrons. The van der Waals surface area contributed by atoms with E-state index in [9.17, 15) is 4.79 Å². The Morgan fingerprint density at radius 2 is 2.05 bits per heavy atom. The van der Waals surface area contributed by atoms with Crippen LogP contribution in [0.25, 0.3) is 0 Å². The SMILES string of the molecule is CC1CN2CC3(C)OC(=O)CC3CC2c2ccccc21. The highest BCUT2D eigenvalue weighted by atomic mass is 16.6. The molecule has 3 heterocycles. The number of ether oxygens (including phenoxy) is 1. The average molecular weight is 271 g/mol. The highest BCUT2D eigenvalue weighted by molar-refractivity contribution is 5.73. The Hall–Kier alpha value is -1.35. The maximum absolute atomic E-state index is 11.7. The summed E-state index contributed by atoms with van der Waals surface area (Å²) in [5.41, 5.74) is 2.69. The van der Waals surface area contributed by atoms with E-state index in [1.54, 1.807) is 0 Å². The van der Waals surface area contributed by atoms with Gasteiger partial charge >= 0.3 is 5.97 Å². The third-order valence-electron chi connectivity index (χ3n) is 5.48. The first kappa shape index (κ1) is 12.4. The average Bonchev–Trinajstić information content (AvgIpc) is 2.70. The molecule has 2 fully saturated rings. The van der Waals surface area contributed by atoms with Crippen molar-refractivity contribution < 1.29 is 9.53 Å². The fourth-order valence-electron chi connectivity index (χ4n) is 4.46. The van der Waals surface area contributed by atoms with Crippen LogP contribution in [0.2, 0.25) is 0 Å². The molecule has 0 saturated carbocycles. The van der Waals surface area contributed by atoms with Gasteiger partial charge in [-0.2, -0.15) is 0 Å². The fraction of sp³-hybridized carbons (Fsp3) is 0.588. The zero-order chi connectivity index (χ0) is 13.9. The lowest BCUT2D eigenvalue weighted by molar-refractivity contribution is -0.153. The Labute approximate surface area is 119 Å². The van der Waals surface area contributed by atoms with E-state index in [-0.39, 0.29) is 11.6 Å². The molecular weight excluding hydrogens is 250 g/mol. The number of hydrogen-bond donors (Lipinski definition) is 0. The molecule has 0 aromatic heterocycles. The predicted molar refractivity (Wildman–Crippen MR) is 76.4 cm³/mol. The summed E-state index contributed by atoms with van der Waals surface area (Å²) >= 11 is 0. The highest BCUT2D eigenvalue weighted by Crippen LogP contribution is 2.49. The van der Waals surface area contributed by atoms with Crippen LogP contribution in [-0.4, -0.2) is 29.6 Å². The van der Waals surface area contributed by atoms with E-state index in [1.807, 2.05) is 0 Å². The molecule has 4 atom stereocenters. The minimum absolute atomic E-state index is 0.0151. The number of fused-ring (bicyclic) bond motifs is 4. The third-order valence-corrected chi connectivity index (χ3v) is 5.48. The van der Waals surface area contributed by atoms with Crippen molar-refractivity contribution in [1.82, 2.24) is 4.90 Å². The lowest BCUT2D eigenvalue weighted by Gasteiger charge is -2.49. The smallest absolute Gasteiger partial charge is 0.306 e. The molecule has 0 radical (unpaired) electrons. The summed E-state index contributed by atoms with van der Waals surface area (Å²) in [6.07, 6.45) is 1.64. The Kier molecular flexibility index (Phi) is 2.53. The van der Waals surface area contributed by atoms with Crippen LogP contribution in [0.5, 0.6) is 0 Å². The van der Waals surface area contributed by atoms with Crippen LogP contribution in [0.1, 0.15) is 49.8 Å². The van der Waals surface area contributed by atoms with E-state index in [4.69, 9.17) is 4.74 Å². The molecule has 4 unspecified atom stereocenters. The van der Waals surface area contributed by atoms with Gasteiger partial charge in [0.1, 0.15) is 5.60 Å². The summed E-state index contributed by atoms with van der Waals surface area (Å²) in [5, 5.41) is 0. The van der Waals surface area contributed by atoms with Crippen LogP contribution in [-0.2, 0) is 9.53 Å². The van der Waals surface area contributed by atoms with Crippen molar-refractivity contribution in [3.8, 4) is 0 Å². The van der Waals surface area contributed by atoms with Gasteiger partial charge in [0.2, 0.25) is 0 Å². The normalized spacial score (nSPS) is 39.7. The summed E-state index contributed by atoms with van der Waals surface area (Å²) in [6.45, 7) is 6.36. The van der Waals surface area contributed by atoms with Crippen molar-refractivity contribution in [1.29, 1.82) is 0 Å². The maximum Gasteiger partial charge on any atom is 0.306 e. The van der Waals surface area contributed by atoms with Gasteiger partial charge in [-0.1, -0.05) is 31.2 Å². The number of carbonyl (C=O) groups is 1. The lowest BCUT2D eigenvalue weighted by Crippen LogP contribution is -2.54. The molecule has 1 aromatic carbocycles. The Morgan fingerprint density at radius 1 is 1.30 bits per heavy atom. The molecule has 1 aromatic rings. The van der Waals surface area contributed by atoms with Crippen LogP contribution in [0.4, 0.5) is 0 Å². The van der Waals surface area contributed by atoms with Crippen molar-refractivity contribution in [2.45, 2.75) is 44.2 Å². The van der Waals surface area contributed by atoms with Crippen molar-refractivity contribution in [3.05, 3.63) is 35.4 Å². The van der Waals surface area contributed by atoms with Crippen LogP contribution < -0.4 is 0 Å². The second kappa shape index (κ2) is 4.08. The molecule has 0 aliphatic carbocycles. The second-order valence-corrected chi connectivity index (χ2v) is 6.90. The first-order valence-corrected chi connectivity index (χ1v) is 7.61. The van der Waals surface area contributed by atoms with Crippen LogP contribution in [0.3, 0.4) is 0 Å². The second-order valence-electron chi connectivity index (χ2n) is 6.90. The van der Waals surface area contributed by atoms with Gasteiger partial charge in [-0.25, -0.2) is 0 Å². The first-order chi connectivity index (χ1) is 9.57. The molecule has 4 rings (SSSR count). The van der Waals surface area contributed by atoms with E-state index in [0.29, 0.717) is 24.3 Å². The highest BCUT2D eigenvalue weighted by Gasteiger charge is 2.53. The van der Waals surface area contributed by atoms with Crippen LogP contribution in [0, 0.1) is 5.92 Å². The van der Waals surface area contributed by atoms with Crippen molar-refractivity contribution in [2.24, 2.45) is 5.92 Å². The zero-order valence-corrected chi connectivity index (χ0v) is 12.1. The summed E-state index contributed by atoms with van der Waals surface area (Å²) in [7, 11) is 0. The summed E-state index contributed by atoms with van der Waals surface area (Å²) in [4.78, 5) is 14.2. The maximum atomic E-state index is 11.7. The Balaban J connectivity index is 1.73. The monoisotopic (exact) mass is 271 g/mol. The Bertz CT molecular complexity index is 570. The number of piperidine rings is 1. The number of carbonyl (C=O) groups excluding carboxylic acids is 1. The molecule has 3 heteroatoms. The number of benzene rings is 1. The topological polar surface area (TPSA) is 29.5 Å². The van der Waals surface area contributed by atoms with Crippen LogP contribution >= 0.6 is 0 Å². The fourth-order valence-corrected chi connectivity index (χ4v) is 4.46. The number of rotatable bonds is 0. The molecule has 2 saturated heterocycles. The van der Waals surface area contributed by atoms with Gasteiger partial charge in [-0.05, 0) is 30.4 Å². The quantitative estimate of drug-likeness (QED) is 0.680. The van der Waals surface area contributed by atoms with Crippen molar-refractivity contribution >= 4 is 5.97 Å². The Morgan fingerprint density at radius 3 is 2.85 bits per heavy atom. The minimum atomic E-state index is -0.264. The van der Waals surface area contributed by atoms with Gasteiger partial charge in [0.15, 0.2) is 0 Å². The van der Waals surface area contributed by atoms with E-state index < -0.39 is 0 Å². The minimum Gasteiger partial charge on any atom is -0.458 e. The molecule has 3 aliphatic rings. The van der Waals surface area contributed by atoms with Crippen LogP contribution in [0.15, 0.2) is 24.3 Å². The van der Waals surface area contributed by atoms with Gasteiger partial charge in [0.25, 0.3) is 0 Å². The summed E-state index contributed by atoms with van der Waals surface area (Å²) in [6, 6.07) is 9.28. The number of esters is 1. The van der Waals surface area contributed by atoms with Gasteiger partial charge in [0.05, 0.1) is 6.42 Å². The lowest BCUT2D eigenvalue weighted by atomic mass is 9.73. The van der Waals surface area contributed by atoms with E-state index >= 15 is 0 Å². The van der Waals surface area contributed by atoms with Gasteiger partial charge < -0.3 is 4.74 Å². The van der Waals surface area contributed by atoms with Gasteiger partial charge in [0, 0.05) is 25.0 Å². The largest absolute Gasteiger partial charge is 0.458 e. The van der Waals surface area contributed by atoms with E-state index in [2.05, 4.69) is 43.0 Å². The van der Waals surface area contributed by atoms with Crippen molar-refractivity contribution in [3.63, 3.8) is 0 Å². The summed E-state index contributed by atoms with van der Waals surface area (Å²) < 4.78 is 5.64. The molecule has 0 N–H and O–H groups in total. The molecule has 20 heavy (non-hydrogen) atoms. The molecule has 0 bridgehead atoms. The zero-order valence-electron chi connectivity index (χ0n) is 12.1. The molecule has 3 aliphatic heterocycles. The molecule has 3 nitrogen and oxygen atoms in total. The van der Waals surface area contributed by atoms with Gasteiger partial charge in [-0.15, -0.1) is 0 Å². The summed E-state index contributed by atoms with van der Waals surface area (Å²) in [5.74, 6) is 0.913. The number of nitrogens with zero attached hydrogens (tertiary/aromatic N) is 1. The first-order valence-electron chi connectivity index (χ1n) is 7.61. The van der Waals surface area contributed by atoms with Gasteiger partial charge in [-0.3, -0.25) is 9.69 Å². The molecular formula is C17H21NO2. The molecule has 0 amide bonds. The predicted octanol–water partition coefficient (Wildman–Crippen LogP) is 2.87. The van der Waals surface area contributed by atoms with Crippen molar-refractivity contribution in [2.75, 3.05) is 13.1 Å². The number of hydrogen-bond acceptors (Lipinski definition) is 3.